The molecule has 0 aromatic carbocycles. The van der Waals surface area contributed by atoms with E-state index in [1.807, 2.05) is 13.0 Å². The predicted molar refractivity (Wildman–Crippen MR) is 70.9 cm³/mol. The summed E-state index contributed by atoms with van der Waals surface area (Å²) in [5.41, 5.74) is 1.14. The van der Waals surface area contributed by atoms with E-state index in [0.717, 1.165) is 42.0 Å². The van der Waals surface area contributed by atoms with Gasteiger partial charge in [-0.1, -0.05) is 13.3 Å². The molecule has 1 N–H and O–H groups in total. The van der Waals surface area contributed by atoms with E-state index in [1.165, 1.54) is 6.42 Å². The number of rotatable bonds is 7. The first-order valence-corrected chi connectivity index (χ1v) is 6.47. The number of ether oxygens (including phenoxy) is 1. The van der Waals surface area contributed by atoms with Crippen LogP contribution in [0.2, 0.25) is 0 Å². The number of halogens is 1. The summed E-state index contributed by atoms with van der Waals surface area (Å²) in [6.07, 6.45) is 4.11. The summed E-state index contributed by atoms with van der Waals surface area (Å²) in [5, 5.41) is 3.26. The Kier molecular flexibility index (Phi) is 6.42. The first-order chi connectivity index (χ1) is 7.74. The fourth-order valence-electron chi connectivity index (χ4n) is 1.32. The highest BCUT2D eigenvalue weighted by atomic mass is 79.9. The lowest BCUT2D eigenvalue weighted by molar-refractivity contribution is 0.141. The van der Waals surface area contributed by atoms with Crippen molar-refractivity contribution in [1.82, 2.24) is 4.98 Å². The Morgan fingerprint density at radius 2 is 2.25 bits per heavy atom. The molecular weight excluding hydrogens is 268 g/mol. The van der Waals surface area contributed by atoms with E-state index in [1.54, 1.807) is 6.20 Å². The molecule has 0 atom stereocenters. The summed E-state index contributed by atoms with van der Waals surface area (Å²) >= 11 is 3.39. The van der Waals surface area contributed by atoms with Crippen LogP contribution in [0.3, 0.4) is 0 Å². The highest BCUT2D eigenvalue weighted by Crippen LogP contribution is 2.16. The van der Waals surface area contributed by atoms with E-state index in [4.69, 9.17) is 4.74 Å². The Labute approximate surface area is 106 Å². The van der Waals surface area contributed by atoms with E-state index in [9.17, 15) is 0 Å². The Balaban J connectivity index is 2.21. The predicted octanol–water partition coefficient (Wildman–Crippen LogP) is 3.38. The van der Waals surface area contributed by atoms with E-state index < -0.39 is 0 Å². The molecule has 0 aliphatic rings. The second-order valence-electron chi connectivity index (χ2n) is 3.71. The number of unbranched alkanes of at least 4 members (excludes halogenated alkanes) is 1. The molecule has 0 aliphatic heterocycles. The fourth-order valence-corrected chi connectivity index (χ4v) is 1.76. The number of hydrogen-bond donors (Lipinski definition) is 1. The molecule has 1 aromatic rings. The van der Waals surface area contributed by atoms with Crippen LogP contribution in [0.4, 0.5) is 5.82 Å². The van der Waals surface area contributed by atoms with Gasteiger partial charge in [-0.3, -0.25) is 0 Å². The Hall–Kier alpha value is -0.610. The molecule has 0 amide bonds. The van der Waals surface area contributed by atoms with E-state index in [-0.39, 0.29) is 0 Å². The largest absolute Gasteiger partial charge is 0.380 e. The standard InChI is InChI=1S/C12H19BrN2O/c1-3-4-6-16-7-5-14-12-10(2)8-11(13)9-15-12/h8-9H,3-7H2,1-2H3,(H,14,15). The number of pyridine rings is 1. The van der Waals surface area contributed by atoms with Crippen molar-refractivity contribution >= 4 is 21.7 Å². The van der Waals surface area contributed by atoms with Gasteiger partial charge in [0.05, 0.1) is 6.61 Å². The highest BCUT2D eigenvalue weighted by molar-refractivity contribution is 9.10. The van der Waals surface area contributed by atoms with Crippen LogP contribution in [0.5, 0.6) is 0 Å². The van der Waals surface area contributed by atoms with Gasteiger partial charge in [0.2, 0.25) is 0 Å². The number of aryl methyl sites for hydroxylation is 1. The normalized spacial score (nSPS) is 10.4. The maximum atomic E-state index is 5.46. The summed E-state index contributed by atoms with van der Waals surface area (Å²) in [4.78, 5) is 4.30. The summed E-state index contributed by atoms with van der Waals surface area (Å²) in [6.45, 7) is 6.59. The second kappa shape index (κ2) is 7.63. The zero-order valence-electron chi connectivity index (χ0n) is 9.92. The van der Waals surface area contributed by atoms with Gasteiger partial charge in [-0.25, -0.2) is 4.98 Å². The van der Waals surface area contributed by atoms with Crippen molar-refractivity contribution < 1.29 is 4.74 Å². The minimum Gasteiger partial charge on any atom is -0.380 e. The Morgan fingerprint density at radius 1 is 1.44 bits per heavy atom. The molecule has 0 saturated carbocycles. The van der Waals surface area contributed by atoms with Gasteiger partial charge in [-0.2, -0.15) is 0 Å². The molecule has 1 heterocycles. The Morgan fingerprint density at radius 3 is 2.94 bits per heavy atom. The van der Waals surface area contributed by atoms with Crippen molar-refractivity contribution in [2.75, 3.05) is 25.1 Å². The van der Waals surface area contributed by atoms with Crippen molar-refractivity contribution in [3.05, 3.63) is 22.3 Å². The molecule has 4 heteroatoms. The minimum absolute atomic E-state index is 0.733. The van der Waals surface area contributed by atoms with Gasteiger partial charge in [-0.05, 0) is 40.9 Å². The lowest BCUT2D eigenvalue weighted by Crippen LogP contribution is -2.11. The van der Waals surface area contributed by atoms with Crippen LogP contribution in [0.1, 0.15) is 25.3 Å². The molecule has 0 saturated heterocycles. The maximum absolute atomic E-state index is 5.46. The summed E-state index contributed by atoms with van der Waals surface area (Å²) in [6, 6.07) is 2.05. The second-order valence-corrected chi connectivity index (χ2v) is 4.63. The molecule has 1 rings (SSSR count). The molecule has 90 valence electrons. The molecular formula is C12H19BrN2O. The van der Waals surface area contributed by atoms with Crippen molar-refractivity contribution in [2.45, 2.75) is 26.7 Å². The van der Waals surface area contributed by atoms with Gasteiger partial charge in [0.1, 0.15) is 5.82 Å². The van der Waals surface area contributed by atoms with Gasteiger partial charge in [-0.15, -0.1) is 0 Å². The molecule has 0 fully saturated rings. The van der Waals surface area contributed by atoms with E-state index >= 15 is 0 Å². The topological polar surface area (TPSA) is 34.1 Å². The third-order valence-electron chi connectivity index (χ3n) is 2.23. The van der Waals surface area contributed by atoms with Crippen LogP contribution in [0.15, 0.2) is 16.7 Å². The first-order valence-electron chi connectivity index (χ1n) is 5.67. The van der Waals surface area contributed by atoms with Crippen LogP contribution >= 0.6 is 15.9 Å². The monoisotopic (exact) mass is 286 g/mol. The molecule has 0 unspecified atom stereocenters. The number of anilines is 1. The molecule has 0 aliphatic carbocycles. The summed E-state index contributed by atoms with van der Waals surface area (Å²) in [5.74, 6) is 0.933. The smallest absolute Gasteiger partial charge is 0.128 e. The van der Waals surface area contributed by atoms with Crippen LogP contribution in [-0.2, 0) is 4.74 Å². The van der Waals surface area contributed by atoms with E-state index in [2.05, 4.69) is 33.2 Å². The average molecular weight is 287 g/mol. The van der Waals surface area contributed by atoms with Crippen LogP contribution in [-0.4, -0.2) is 24.7 Å². The first kappa shape index (κ1) is 13.5. The molecule has 3 nitrogen and oxygen atoms in total. The van der Waals surface area contributed by atoms with Gasteiger partial charge in [0, 0.05) is 23.8 Å². The maximum Gasteiger partial charge on any atom is 0.128 e. The number of aromatic nitrogens is 1. The summed E-state index contributed by atoms with van der Waals surface area (Å²) in [7, 11) is 0. The minimum atomic E-state index is 0.733. The lowest BCUT2D eigenvalue weighted by atomic mass is 10.3. The summed E-state index contributed by atoms with van der Waals surface area (Å²) < 4.78 is 6.47. The number of hydrogen-bond acceptors (Lipinski definition) is 3. The van der Waals surface area contributed by atoms with Crippen molar-refractivity contribution in [3.8, 4) is 0 Å². The van der Waals surface area contributed by atoms with Gasteiger partial charge >= 0.3 is 0 Å². The molecule has 0 spiro atoms. The molecule has 0 radical (unpaired) electrons. The van der Waals surface area contributed by atoms with Crippen LogP contribution in [0, 0.1) is 6.92 Å². The molecule has 0 bridgehead atoms. The molecule has 1 aromatic heterocycles. The quantitative estimate of drug-likeness (QED) is 0.781. The zero-order valence-corrected chi connectivity index (χ0v) is 11.5. The van der Waals surface area contributed by atoms with Crippen LogP contribution in [0.25, 0.3) is 0 Å². The van der Waals surface area contributed by atoms with Gasteiger partial charge < -0.3 is 10.1 Å². The lowest BCUT2D eigenvalue weighted by Gasteiger charge is -2.08. The molecule has 16 heavy (non-hydrogen) atoms. The Bertz CT molecular complexity index is 318. The SMILES string of the molecule is CCCCOCCNc1ncc(Br)cc1C. The van der Waals surface area contributed by atoms with E-state index in [0.29, 0.717) is 0 Å². The van der Waals surface area contributed by atoms with Gasteiger partial charge in [0.15, 0.2) is 0 Å². The number of nitrogens with one attached hydrogen (secondary N) is 1. The third kappa shape index (κ3) is 4.94. The third-order valence-corrected chi connectivity index (χ3v) is 2.66. The average Bonchev–Trinajstić information content (AvgIpc) is 2.26. The van der Waals surface area contributed by atoms with Gasteiger partial charge in [0.25, 0.3) is 0 Å². The number of nitrogens with zero attached hydrogens (tertiary/aromatic N) is 1. The van der Waals surface area contributed by atoms with Crippen molar-refractivity contribution in [3.63, 3.8) is 0 Å². The highest BCUT2D eigenvalue weighted by Gasteiger charge is 1.99. The zero-order chi connectivity index (χ0) is 11.8. The van der Waals surface area contributed by atoms with Crippen LogP contribution < -0.4 is 5.32 Å². The van der Waals surface area contributed by atoms with Crippen molar-refractivity contribution in [1.29, 1.82) is 0 Å². The van der Waals surface area contributed by atoms with Crippen molar-refractivity contribution in [2.24, 2.45) is 0 Å². The fraction of sp³-hybridized carbons (Fsp3) is 0.583.